The summed E-state index contributed by atoms with van der Waals surface area (Å²) in [5.41, 5.74) is 4.94. The van der Waals surface area contributed by atoms with Crippen LogP contribution in [0.2, 0.25) is 0 Å². The molecule has 35 heavy (non-hydrogen) atoms. The minimum atomic E-state index is -1.19. The van der Waals surface area contributed by atoms with E-state index in [1.54, 1.807) is 0 Å². The average molecular weight is 470 g/mol. The van der Waals surface area contributed by atoms with Crippen LogP contribution in [0.5, 0.6) is 0 Å². The maximum absolute atomic E-state index is 11.3. The van der Waals surface area contributed by atoms with Gasteiger partial charge in [0.15, 0.2) is 0 Å². The number of benzene rings is 3. The minimum absolute atomic E-state index is 0.249. The van der Waals surface area contributed by atoms with Crippen molar-refractivity contribution in [3.8, 4) is 11.4 Å². The van der Waals surface area contributed by atoms with E-state index in [1.807, 2.05) is 42.5 Å². The number of carbonyl (C=O) groups is 2. The van der Waals surface area contributed by atoms with Crippen LogP contribution in [0.15, 0.2) is 66.7 Å². The molecule has 0 radical (unpaired) electrons. The number of nitrogens with one attached hydrogen (secondary N) is 2. The number of carboxylic acid groups (broad SMARTS) is 2. The summed E-state index contributed by atoms with van der Waals surface area (Å²) in [5.74, 6) is -1.81. The standard InChI is InChI=1S/C25H22N6O4/c32-23(33)12-20(25(34)35)26-13-15-4-3-5-16(10-15)14-31-21-7-2-1-6-18(21)19-11-17(8-9-22(19)31)24-27-29-30-28-24/h1-11,20,26H,12-14H2,(H,32,33)(H,34,35)(H,27,28,29,30). The Kier molecular flexibility index (Phi) is 5.94. The van der Waals surface area contributed by atoms with Gasteiger partial charge in [-0.05, 0) is 40.6 Å². The van der Waals surface area contributed by atoms with Crippen LogP contribution in [0.3, 0.4) is 0 Å². The summed E-state index contributed by atoms with van der Waals surface area (Å²) < 4.78 is 2.24. The van der Waals surface area contributed by atoms with E-state index in [0.717, 1.165) is 38.5 Å². The normalized spacial score (nSPS) is 12.2. The topological polar surface area (TPSA) is 146 Å². The van der Waals surface area contributed by atoms with E-state index in [-0.39, 0.29) is 6.54 Å². The molecule has 2 heterocycles. The van der Waals surface area contributed by atoms with Crippen LogP contribution >= 0.6 is 0 Å². The van der Waals surface area contributed by atoms with Crippen molar-refractivity contribution in [2.24, 2.45) is 0 Å². The Morgan fingerprint density at radius 2 is 1.74 bits per heavy atom. The molecule has 0 saturated heterocycles. The van der Waals surface area contributed by atoms with Gasteiger partial charge < -0.3 is 14.8 Å². The molecule has 5 aromatic rings. The zero-order chi connectivity index (χ0) is 24.4. The van der Waals surface area contributed by atoms with Crippen LogP contribution in [0, 0.1) is 0 Å². The van der Waals surface area contributed by atoms with Gasteiger partial charge in [0, 0.05) is 40.5 Å². The van der Waals surface area contributed by atoms with Crippen molar-refractivity contribution in [1.82, 2.24) is 30.5 Å². The largest absolute Gasteiger partial charge is 0.481 e. The van der Waals surface area contributed by atoms with Gasteiger partial charge in [-0.3, -0.25) is 14.9 Å². The molecule has 0 amide bonds. The molecular weight excluding hydrogens is 448 g/mol. The number of tetrazole rings is 1. The number of rotatable bonds is 9. The second kappa shape index (κ2) is 9.35. The van der Waals surface area contributed by atoms with Crippen molar-refractivity contribution in [2.45, 2.75) is 25.6 Å². The lowest BCUT2D eigenvalue weighted by molar-refractivity contribution is -0.146. The Morgan fingerprint density at radius 1 is 0.943 bits per heavy atom. The highest BCUT2D eigenvalue weighted by atomic mass is 16.4. The van der Waals surface area contributed by atoms with Crippen molar-refractivity contribution in [2.75, 3.05) is 0 Å². The van der Waals surface area contributed by atoms with Crippen LogP contribution in [0.4, 0.5) is 0 Å². The maximum atomic E-state index is 11.3. The first kappa shape index (κ1) is 22.2. The first-order chi connectivity index (χ1) is 17.0. The smallest absolute Gasteiger partial charge is 0.321 e. The molecular formula is C25H22N6O4. The molecule has 10 heteroatoms. The van der Waals surface area contributed by atoms with Gasteiger partial charge in [0.1, 0.15) is 6.04 Å². The average Bonchev–Trinajstić information content (AvgIpc) is 3.49. The number of H-pyrrole nitrogens is 1. The van der Waals surface area contributed by atoms with E-state index in [0.29, 0.717) is 12.4 Å². The lowest BCUT2D eigenvalue weighted by Gasteiger charge is -2.13. The summed E-state index contributed by atoms with van der Waals surface area (Å²) in [6.45, 7) is 0.857. The van der Waals surface area contributed by atoms with Crippen molar-refractivity contribution in [3.05, 3.63) is 77.9 Å². The summed E-state index contributed by atoms with van der Waals surface area (Å²) in [6, 6.07) is 20.9. The molecule has 1 unspecified atom stereocenters. The zero-order valence-electron chi connectivity index (χ0n) is 18.5. The molecule has 0 fully saturated rings. The fourth-order valence-electron chi connectivity index (χ4n) is 4.33. The van der Waals surface area contributed by atoms with Gasteiger partial charge in [0.2, 0.25) is 5.82 Å². The maximum Gasteiger partial charge on any atom is 0.321 e. The third-order valence-electron chi connectivity index (χ3n) is 5.94. The third kappa shape index (κ3) is 4.59. The summed E-state index contributed by atoms with van der Waals surface area (Å²) >= 11 is 0. The molecule has 0 bridgehead atoms. The number of hydrogen-bond donors (Lipinski definition) is 4. The van der Waals surface area contributed by atoms with Crippen LogP contribution in [0.1, 0.15) is 17.5 Å². The number of aromatic amines is 1. The third-order valence-corrected chi connectivity index (χ3v) is 5.94. The number of fused-ring (bicyclic) bond motifs is 3. The SMILES string of the molecule is O=C(O)CC(NCc1cccc(Cn2c3ccccc3c3cc(-c4nn[nH]n4)ccc32)c1)C(=O)O. The van der Waals surface area contributed by atoms with Gasteiger partial charge in [-0.25, -0.2) is 0 Å². The number of aromatic nitrogens is 5. The quantitative estimate of drug-likeness (QED) is 0.257. The van der Waals surface area contributed by atoms with E-state index in [2.05, 4.69) is 54.8 Å². The predicted octanol–water partition coefficient (Wildman–Crippen LogP) is 3.04. The Labute approximate surface area is 199 Å². The summed E-state index contributed by atoms with van der Waals surface area (Å²) in [7, 11) is 0. The van der Waals surface area contributed by atoms with Gasteiger partial charge in [-0.1, -0.05) is 42.5 Å². The van der Waals surface area contributed by atoms with Crippen LogP contribution in [-0.2, 0) is 22.7 Å². The van der Waals surface area contributed by atoms with Crippen molar-refractivity contribution in [1.29, 1.82) is 0 Å². The Morgan fingerprint density at radius 3 is 2.51 bits per heavy atom. The number of nitrogens with zero attached hydrogens (tertiary/aromatic N) is 4. The second-order valence-electron chi connectivity index (χ2n) is 8.26. The molecule has 10 nitrogen and oxygen atoms in total. The molecule has 5 rings (SSSR count). The monoisotopic (exact) mass is 470 g/mol. The highest BCUT2D eigenvalue weighted by Gasteiger charge is 2.20. The highest BCUT2D eigenvalue weighted by Crippen LogP contribution is 2.32. The predicted molar refractivity (Wildman–Crippen MR) is 129 cm³/mol. The molecule has 0 aliphatic carbocycles. The van der Waals surface area contributed by atoms with Crippen LogP contribution < -0.4 is 5.32 Å². The molecule has 3 aromatic carbocycles. The van der Waals surface area contributed by atoms with Gasteiger partial charge in [-0.15, -0.1) is 10.2 Å². The summed E-state index contributed by atoms with van der Waals surface area (Å²) in [5, 5.41) is 37.5. The molecule has 0 saturated carbocycles. The first-order valence-corrected chi connectivity index (χ1v) is 11.0. The summed E-state index contributed by atoms with van der Waals surface area (Å²) in [4.78, 5) is 22.3. The van der Waals surface area contributed by atoms with Gasteiger partial charge in [0.05, 0.1) is 6.42 Å². The number of aliphatic carboxylic acids is 2. The van der Waals surface area contributed by atoms with Crippen molar-refractivity contribution in [3.63, 3.8) is 0 Å². The number of hydrogen-bond acceptors (Lipinski definition) is 6. The number of carboxylic acids is 2. The molecule has 0 aliphatic rings. The zero-order valence-corrected chi connectivity index (χ0v) is 18.5. The van der Waals surface area contributed by atoms with Gasteiger partial charge >= 0.3 is 11.9 Å². The second-order valence-corrected chi connectivity index (χ2v) is 8.26. The Balaban J connectivity index is 1.45. The van der Waals surface area contributed by atoms with Crippen molar-refractivity contribution >= 4 is 33.7 Å². The molecule has 4 N–H and O–H groups in total. The van der Waals surface area contributed by atoms with Gasteiger partial charge in [0.25, 0.3) is 0 Å². The van der Waals surface area contributed by atoms with E-state index in [9.17, 15) is 14.7 Å². The summed E-state index contributed by atoms with van der Waals surface area (Å²) in [6.07, 6.45) is -0.484. The highest BCUT2D eigenvalue weighted by molar-refractivity contribution is 6.09. The molecule has 1 atom stereocenters. The Bertz CT molecular complexity index is 1530. The fraction of sp³-hybridized carbons (Fsp3) is 0.160. The van der Waals surface area contributed by atoms with Gasteiger partial charge in [-0.2, -0.15) is 5.21 Å². The molecule has 2 aromatic heterocycles. The fourth-order valence-corrected chi connectivity index (χ4v) is 4.33. The van der Waals surface area contributed by atoms with E-state index in [1.165, 1.54) is 0 Å². The number of para-hydroxylation sites is 1. The van der Waals surface area contributed by atoms with E-state index < -0.39 is 24.4 Å². The lowest BCUT2D eigenvalue weighted by atomic mass is 10.1. The van der Waals surface area contributed by atoms with Crippen LogP contribution in [0.25, 0.3) is 33.2 Å². The minimum Gasteiger partial charge on any atom is -0.481 e. The van der Waals surface area contributed by atoms with Crippen molar-refractivity contribution < 1.29 is 19.8 Å². The van der Waals surface area contributed by atoms with E-state index >= 15 is 0 Å². The Hall–Kier alpha value is -4.57. The molecule has 0 aliphatic heterocycles. The molecule has 0 spiro atoms. The van der Waals surface area contributed by atoms with Crippen LogP contribution in [-0.4, -0.2) is 53.4 Å². The first-order valence-electron chi connectivity index (χ1n) is 11.0. The van der Waals surface area contributed by atoms with E-state index in [4.69, 9.17) is 5.11 Å². The molecule has 176 valence electrons. The lowest BCUT2D eigenvalue weighted by Crippen LogP contribution is -2.38.